The molecule has 0 atom stereocenters. The van der Waals surface area contributed by atoms with Crippen LogP contribution < -0.4 is 10.1 Å². The highest BCUT2D eigenvalue weighted by atomic mass is 16.5. The SMILES string of the molecule is CCOCCC1(C(=O)NCc2cccc(OCC(=O)O)c2)CCCC1. The Morgan fingerprint density at radius 2 is 2.04 bits per heavy atom. The summed E-state index contributed by atoms with van der Waals surface area (Å²) in [6.07, 6.45) is 4.74. The minimum atomic E-state index is -1.02. The molecule has 0 saturated heterocycles. The molecule has 2 N–H and O–H groups in total. The Kier molecular flexibility index (Phi) is 7.25. The van der Waals surface area contributed by atoms with Gasteiger partial charge in [-0.3, -0.25) is 4.79 Å². The van der Waals surface area contributed by atoms with Crippen molar-refractivity contribution < 1.29 is 24.2 Å². The summed E-state index contributed by atoms with van der Waals surface area (Å²) in [5.74, 6) is -0.446. The number of hydrogen-bond donors (Lipinski definition) is 2. The largest absolute Gasteiger partial charge is 0.482 e. The van der Waals surface area contributed by atoms with Crippen molar-refractivity contribution in [1.82, 2.24) is 5.32 Å². The summed E-state index contributed by atoms with van der Waals surface area (Å²) < 4.78 is 10.6. The molecule has 6 heteroatoms. The number of amides is 1. The van der Waals surface area contributed by atoms with Crippen molar-refractivity contribution in [3.8, 4) is 5.75 Å². The van der Waals surface area contributed by atoms with E-state index in [4.69, 9.17) is 14.6 Å². The van der Waals surface area contributed by atoms with Gasteiger partial charge in [0.25, 0.3) is 0 Å². The zero-order valence-corrected chi connectivity index (χ0v) is 14.8. The van der Waals surface area contributed by atoms with Crippen LogP contribution in [0.1, 0.15) is 44.6 Å². The molecule has 2 rings (SSSR count). The van der Waals surface area contributed by atoms with Gasteiger partial charge in [-0.25, -0.2) is 4.79 Å². The maximum Gasteiger partial charge on any atom is 0.341 e. The lowest BCUT2D eigenvalue weighted by atomic mass is 9.82. The number of benzene rings is 1. The van der Waals surface area contributed by atoms with Crippen LogP contribution >= 0.6 is 0 Å². The van der Waals surface area contributed by atoms with Gasteiger partial charge < -0.3 is 19.9 Å². The molecule has 0 spiro atoms. The molecule has 138 valence electrons. The third kappa shape index (κ3) is 5.74. The van der Waals surface area contributed by atoms with Gasteiger partial charge in [0, 0.05) is 19.8 Å². The topological polar surface area (TPSA) is 84.9 Å². The Morgan fingerprint density at radius 3 is 2.72 bits per heavy atom. The maximum absolute atomic E-state index is 12.8. The fourth-order valence-electron chi connectivity index (χ4n) is 3.31. The lowest BCUT2D eigenvalue weighted by Crippen LogP contribution is -2.39. The summed E-state index contributed by atoms with van der Waals surface area (Å²) in [6.45, 7) is 3.26. The number of carboxylic acid groups (broad SMARTS) is 1. The van der Waals surface area contributed by atoms with Gasteiger partial charge in [-0.05, 0) is 43.9 Å². The molecule has 0 radical (unpaired) electrons. The molecule has 0 heterocycles. The van der Waals surface area contributed by atoms with Crippen LogP contribution in [0.3, 0.4) is 0 Å². The van der Waals surface area contributed by atoms with Crippen molar-refractivity contribution in [3.05, 3.63) is 29.8 Å². The molecule has 6 nitrogen and oxygen atoms in total. The molecule has 1 aliphatic carbocycles. The number of ether oxygens (including phenoxy) is 2. The second kappa shape index (κ2) is 9.42. The normalized spacial score (nSPS) is 15.7. The van der Waals surface area contributed by atoms with E-state index in [9.17, 15) is 9.59 Å². The summed E-state index contributed by atoms with van der Waals surface area (Å²) in [5.41, 5.74) is 0.571. The minimum Gasteiger partial charge on any atom is -0.482 e. The first kappa shape index (κ1) is 19.2. The number of hydrogen-bond acceptors (Lipinski definition) is 4. The summed E-state index contributed by atoms with van der Waals surface area (Å²) in [7, 11) is 0. The molecule has 0 bridgehead atoms. The van der Waals surface area contributed by atoms with Gasteiger partial charge in [0.2, 0.25) is 5.91 Å². The fourth-order valence-corrected chi connectivity index (χ4v) is 3.31. The first-order chi connectivity index (χ1) is 12.1. The van der Waals surface area contributed by atoms with E-state index in [2.05, 4.69) is 5.32 Å². The maximum atomic E-state index is 12.8. The van der Waals surface area contributed by atoms with Crippen LogP contribution in [0.5, 0.6) is 5.75 Å². The molecule has 1 aromatic carbocycles. The van der Waals surface area contributed by atoms with E-state index < -0.39 is 5.97 Å². The van der Waals surface area contributed by atoms with Crippen molar-refractivity contribution in [2.24, 2.45) is 5.41 Å². The van der Waals surface area contributed by atoms with Gasteiger partial charge in [0.15, 0.2) is 6.61 Å². The van der Waals surface area contributed by atoms with Gasteiger partial charge in [-0.15, -0.1) is 0 Å². The monoisotopic (exact) mass is 349 g/mol. The van der Waals surface area contributed by atoms with Crippen molar-refractivity contribution in [2.75, 3.05) is 19.8 Å². The molecule has 1 saturated carbocycles. The number of nitrogens with one attached hydrogen (secondary N) is 1. The highest BCUT2D eigenvalue weighted by Crippen LogP contribution is 2.41. The Labute approximate surface area is 148 Å². The molecule has 0 aliphatic heterocycles. The Balaban J connectivity index is 1.91. The van der Waals surface area contributed by atoms with E-state index in [1.54, 1.807) is 18.2 Å². The molecule has 0 unspecified atom stereocenters. The second-order valence-electron chi connectivity index (χ2n) is 6.45. The van der Waals surface area contributed by atoms with Crippen LogP contribution in [0.25, 0.3) is 0 Å². The molecular weight excluding hydrogens is 322 g/mol. The van der Waals surface area contributed by atoms with Crippen molar-refractivity contribution >= 4 is 11.9 Å². The quantitative estimate of drug-likeness (QED) is 0.635. The molecular formula is C19H27NO5. The summed E-state index contributed by atoms with van der Waals surface area (Å²) in [5, 5.41) is 11.7. The highest BCUT2D eigenvalue weighted by Gasteiger charge is 2.40. The van der Waals surface area contributed by atoms with Crippen LogP contribution in [0.2, 0.25) is 0 Å². The number of carboxylic acids is 1. The van der Waals surface area contributed by atoms with E-state index in [-0.39, 0.29) is 17.9 Å². The standard InChI is InChI=1S/C19H27NO5/c1-2-24-11-10-19(8-3-4-9-19)18(23)20-13-15-6-5-7-16(12-15)25-14-17(21)22/h5-7,12H,2-4,8-11,13-14H2,1H3,(H,20,23)(H,21,22). The van der Waals surface area contributed by atoms with Crippen LogP contribution in [0.15, 0.2) is 24.3 Å². The van der Waals surface area contributed by atoms with Gasteiger partial charge >= 0.3 is 5.97 Å². The molecule has 1 aliphatic rings. The number of aliphatic carboxylic acids is 1. The number of carbonyl (C=O) groups excluding carboxylic acids is 1. The first-order valence-corrected chi connectivity index (χ1v) is 8.85. The third-order valence-corrected chi connectivity index (χ3v) is 4.69. The van der Waals surface area contributed by atoms with Crippen LogP contribution in [-0.4, -0.2) is 36.8 Å². The third-order valence-electron chi connectivity index (χ3n) is 4.69. The van der Waals surface area contributed by atoms with Crippen LogP contribution in [0, 0.1) is 5.41 Å². The lowest BCUT2D eigenvalue weighted by molar-refractivity contribution is -0.139. The zero-order chi connectivity index (χ0) is 18.1. The molecule has 1 amide bonds. The van der Waals surface area contributed by atoms with E-state index in [0.717, 1.165) is 37.7 Å². The van der Waals surface area contributed by atoms with Crippen molar-refractivity contribution in [1.29, 1.82) is 0 Å². The molecule has 1 aromatic rings. The van der Waals surface area contributed by atoms with E-state index in [1.165, 1.54) is 0 Å². The average molecular weight is 349 g/mol. The minimum absolute atomic E-state index is 0.0848. The van der Waals surface area contributed by atoms with E-state index in [0.29, 0.717) is 25.5 Å². The van der Waals surface area contributed by atoms with Gasteiger partial charge in [-0.1, -0.05) is 25.0 Å². The average Bonchev–Trinajstić information content (AvgIpc) is 3.08. The molecule has 0 aromatic heterocycles. The van der Waals surface area contributed by atoms with E-state index in [1.807, 2.05) is 13.0 Å². The van der Waals surface area contributed by atoms with Crippen molar-refractivity contribution in [3.63, 3.8) is 0 Å². The summed E-state index contributed by atoms with van der Waals surface area (Å²) in [6, 6.07) is 7.13. The summed E-state index contributed by atoms with van der Waals surface area (Å²) >= 11 is 0. The molecule has 25 heavy (non-hydrogen) atoms. The fraction of sp³-hybridized carbons (Fsp3) is 0.579. The highest BCUT2D eigenvalue weighted by molar-refractivity contribution is 5.82. The summed E-state index contributed by atoms with van der Waals surface area (Å²) in [4.78, 5) is 23.3. The second-order valence-corrected chi connectivity index (χ2v) is 6.45. The van der Waals surface area contributed by atoms with Gasteiger partial charge in [-0.2, -0.15) is 0 Å². The number of carbonyl (C=O) groups is 2. The predicted octanol–water partition coefficient (Wildman–Crippen LogP) is 2.75. The smallest absolute Gasteiger partial charge is 0.341 e. The Morgan fingerprint density at radius 1 is 1.28 bits per heavy atom. The van der Waals surface area contributed by atoms with E-state index >= 15 is 0 Å². The number of rotatable bonds is 10. The Bertz CT molecular complexity index is 581. The van der Waals surface area contributed by atoms with Crippen LogP contribution in [-0.2, 0) is 20.9 Å². The zero-order valence-electron chi connectivity index (χ0n) is 14.8. The Hall–Kier alpha value is -2.08. The predicted molar refractivity (Wildman–Crippen MR) is 93.4 cm³/mol. The first-order valence-electron chi connectivity index (χ1n) is 8.85. The van der Waals surface area contributed by atoms with Gasteiger partial charge in [0.05, 0.1) is 5.41 Å². The van der Waals surface area contributed by atoms with Crippen LogP contribution in [0.4, 0.5) is 0 Å². The van der Waals surface area contributed by atoms with Gasteiger partial charge in [0.1, 0.15) is 5.75 Å². The molecule has 1 fully saturated rings. The van der Waals surface area contributed by atoms with Crippen molar-refractivity contribution in [2.45, 2.75) is 45.6 Å². The lowest BCUT2D eigenvalue weighted by Gasteiger charge is -2.27.